The maximum absolute atomic E-state index is 12.9. The molecule has 1 unspecified atom stereocenters. The largest absolute Gasteiger partial charge is 0.336 e. The lowest BCUT2D eigenvalue weighted by molar-refractivity contribution is 0.325. The molecule has 0 bridgehead atoms. The van der Waals surface area contributed by atoms with Crippen LogP contribution in [0.5, 0.6) is 0 Å². The van der Waals surface area contributed by atoms with Gasteiger partial charge in [0.05, 0.1) is 6.20 Å². The van der Waals surface area contributed by atoms with Crippen molar-refractivity contribution >= 4 is 0 Å². The van der Waals surface area contributed by atoms with Crippen LogP contribution in [-0.4, -0.2) is 15.1 Å². The van der Waals surface area contributed by atoms with E-state index in [1.54, 1.807) is 6.92 Å². The Morgan fingerprint density at radius 3 is 2.57 bits per heavy atom. The molecular weight excluding hydrogens is 271 g/mol. The lowest BCUT2D eigenvalue weighted by atomic mass is 9.93. The second-order valence-corrected chi connectivity index (χ2v) is 4.85. The van der Waals surface area contributed by atoms with E-state index < -0.39 is 11.4 Å². The van der Waals surface area contributed by atoms with Crippen molar-refractivity contribution in [3.63, 3.8) is 0 Å². The molecule has 21 heavy (non-hydrogen) atoms. The van der Waals surface area contributed by atoms with Crippen LogP contribution in [0, 0.1) is 5.82 Å². The van der Waals surface area contributed by atoms with Crippen LogP contribution in [0.2, 0.25) is 0 Å². The highest BCUT2D eigenvalue weighted by molar-refractivity contribution is 5.48. The molecular formula is C15H13FN4O. The summed E-state index contributed by atoms with van der Waals surface area (Å²) < 4.78 is 18.1. The zero-order chi connectivity index (χ0) is 14.9. The molecule has 2 heterocycles. The lowest BCUT2D eigenvalue weighted by Gasteiger charge is -2.20. The molecule has 106 valence electrons. The van der Waals surface area contributed by atoms with Gasteiger partial charge in [-0.3, -0.25) is 0 Å². The van der Waals surface area contributed by atoms with Gasteiger partial charge in [0.25, 0.3) is 5.89 Å². The Kier molecular flexibility index (Phi) is 3.23. The SMILES string of the molecule is CC(N)(c1ccccc1)c1nc(-c2ccc(F)cn2)no1. The average molecular weight is 284 g/mol. The topological polar surface area (TPSA) is 77.8 Å². The summed E-state index contributed by atoms with van der Waals surface area (Å²) >= 11 is 0. The van der Waals surface area contributed by atoms with Crippen LogP contribution in [0.1, 0.15) is 18.4 Å². The van der Waals surface area contributed by atoms with Crippen LogP contribution < -0.4 is 5.73 Å². The molecule has 0 aliphatic carbocycles. The van der Waals surface area contributed by atoms with Crippen molar-refractivity contribution in [1.82, 2.24) is 15.1 Å². The average Bonchev–Trinajstić information content (AvgIpc) is 2.99. The first-order valence-corrected chi connectivity index (χ1v) is 6.38. The Balaban J connectivity index is 1.96. The number of halogens is 1. The molecule has 0 saturated heterocycles. The van der Waals surface area contributed by atoms with E-state index in [2.05, 4.69) is 15.1 Å². The van der Waals surface area contributed by atoms with Gasteiger partial charge in [-0.15, -0.1) is 0 Å². The molecule has 0 spiro atoms. The van der Waals surface area contributed by atoms with Gasteiger partial charge in [-0.1, -0.05) is 35.5 Å². The van der Waals surface area contributed by atoms with Crippen molar-refractivity contribution in [2.24, 2.45) is 5.73 Å². The highest BCUT2D eigenvalue weighted by Gasteiger charge is 2.30. The van der Waals surface area contributed by atoms with E-state index in [1.807, 2.05) is 30.3 Å². The third kappa shape index (κ3) is 2.53. The Morgan fingerprint density at radius 2 is 1.90 bits per heavy atom. The van der Waals surface area contributed by atoms with Crippen LogP contribution in [0.4, 0.5) is 4.39 Å². The molecule has 0 aliphatic heterocycles. The summed E-state index contributed by atoms with van der Waals surface area (Å²) in [7, 11) is 0. The minimum atomic E-state index is -0.910. The van der Waals surface area contributed by atoms with Crippen LogP contribution in [-0.2, 0) is 5.54 Å². The van der Waals surface area contributed by atoms with Crippen LogP contribution in [0.3, 0.4) is 0 Å². The Hall–Kier alpha value is -2.60. The zero-order valence-electron chi connectivity index (χ0n) is 11.3. The minimum Gasteiger partial charge on any atom is -0.336 e. The zero-order valence-corrected chi connectivity index (χ0v) is 11.3. The van der Waals surface area contributed by atoms with E-state index in [0.29, 0.717) is 5.69 Å². The van der Waals surface area contributed by atoms with Crippen molar-refractivity contribution in [2.75, 3.05) is 0 Å². The van der Waals surface area contributed by atoms with E-state index in [9.17, 15) is 4.39 Å². The maximum atomic E-state index is 12.9. The summed E-state index contributed by atoms with van der Waals surface area (Å²) in [6, 6.07) is 12.2. The Bertz CT molecular complexity index is 738. The molecule has 5 nitrogen and oxygen atoms in total. The lowest BCUT2D eigenvalue weighted by Crippen LogP contribution is -2.34. The van der Waals surface area contributed by atoms with E-state index in [4.69, 9.17) is 10.3 Å². The number of hydrogen-bond acceptors (Lipinski definition) is 5. The molecule has 2 N–H and O–H groups in total. The van der Waals surface area contributed by atoms with Crippen molar-refractivity contribution in [3.05, 3.63) is 65.9 Å². The van der Waals surface area contributed by atoms with Gasteiger partial charge in [-0.05, 0) is 24.6 Å². The molecule has 1 atom stereocenters. The highest BCUT2D eigenvalue weighted by Crippen LogP contribution is 2.26. The van der Waals surface area contributed by atoms with E-state index in [-0.39, 0.29) is 11.7 Å². The third-order valence-electron chi connectivity index (χ3n) is 3.20. The van der Waals surface area contributed by atoms with Crippen molar-refractivity contribution in [1.29, 1.82) is 0 Å². The first kappa shape index (κ1) is 13.4. The van der Waals surface area contributed by atoms with Gasteiger partial charge in [-0.2, -0.15) is 4.98 Å². The highest BCUT2D eigenvalue weighted by atomic mass is 19.1. The fraction of sp³-hybridized carbons (Fsp3) is 0.133. The minimum absolute atomic E-state index is 0.273. The number of nitrogens with zero attached hydrogens (tertiary/aromatic N) is 3. The summed E-state index contributed by atoms with van der Waals surface area (Å²) in [5.74, 6) is 0.128. The predicted molar refractivity (Wildman–Crippen MR) is 74.6 cm³/mol. The van der Waals surface area contributed by atoms with E-state index >= 15 is 0 Å². The quantitative estimate of drug-likeness (QED) is 0.799. The molecule has 1 aromatic carbocycles. The molecule has 0 amide bonds. The molecule has 3 aromatic rings. The summed E-state index contributed by atoms with van der Waals surface area (Å²) in [6.45, 7) is 1.79. The molecule has 3 rings (SSSR count). The Labute approximate surface area is 120 Å². The summed E-state index contributed by atoms with van der Waals surface area (Å²) in [5.41, 5.74) is 6.67. The van der Waals surface area contributed by atoms with Crippen molar-refractivity contribution in [3.8, 4) is 11.5 Å². The maximum Gasteiger partial charge on any atom is 0.251 e. The van der Waals surface area contributed by atoms with Crippen molar-refractivity contribution < 1.29 is 8.91 Å². The molecule has 0 aliphatic rings. The fourth-order valence-corrected chi connectivity index (χ4v) is 1.95. The van der Waals surface area contributed by atoms with Crippen molar-refractivity contribution in [2.45, 2.75) is 12.5 Å². The van der Waals surface area contributed by atoms with Gasteiger partial charge < -0.3 is 10.3 Å². The van der Waals surface area contributed by atoms with Crippen LogP contribution in [0.25, 0.3) is 11.5 Å². The van der Waals surface area contributed by atoms with Gasteiger partial charge in [0.1, 0.15) is 17.1 Å². The van der Waals surface area contributed by atoms with Crippen LogP contribution in [0.15, 0.2) is 53.2 Å². The first-order valence-electron chi connectivity index (χ1n) is 6.38. The Morgan fingerprint density at radius 1 is 1.14 bits per heavy atom. The monoisotopic (exact) mass is 284 g/mol. The normalized spacial score (nSPS) is 13.9. The smallest absolute Gasteiger partial charge is 0.251 e. The third-order valence-corrected chi connectivity index (χ3v) is 3.20. The number of pyridine rings is 1. The summed E-state index contributed by atoms with van der Waals surface area (Å²) in [4.78, 5) is 8.19. The molecule has 6 heteroatoms. The standard InChI is InChI=1S/C15H13FN4O/c1-15(17,10-5-3-2-4-6-10)14-19-13(20-21-14)12-8-7-11(16)9-18-12/h2-9H,17H2,1H3. The van der Waals surface area contributed by atoms with Gasteiger partial charge in [-0.25, -0.2) is 9.37 Å². The number of aromatic nitrogens is 3. The number of rotatable bonds is 3. The number of benzene rings is 1. The number of nitrogens with two attached hydrogens (primary N) is 1. The summed E-state index contributed by atoms with van der Waals surface area (Å²) in [6.07, 6.45) is 1.10. The van der Waals surface area contributed by atoms with Gasteiger partial charge >= 0.3 is 0 Å². The first-order chi connectivity index (χ1) is 10.1. The van der Waals surface area contributed by atoms with Gasteiger partial charge in [0.15, 0.2) is 0 Å². The predicted octanol–water partition coefficient (Wildman–Crippen LogP) is 2.49. The molecule has 2 aromatic heterocycles. The molecule has 0 fully saturated rings. The van der Waals surface area contributed by atoms with Gasteiger partial charge in [0, 0.05) is 0 Å². The second kappa shape index (κ2) is 5.06. The van der Waals surface area contributed by atoms with E-state index in [1.165, 1.54) is 12.1 Å². The second-order valence-electron chi connectivity index (χ2n) is 4.85. The number of hydrogen-bond donors (Lipinski definition) is 1. The molecule has 0 radical (unpaired) electrons. The molecule has 0 saturated carbocycles. The van der Waals surface area contributed by atoms with Gasteiger partial charge in [0.2, 0.25) is 5.82 Å². The van der Waals surface area contributed by atoms with E-state index in [0.717, 1.165) is 11.8 Å². The fourth-order valence-electron chi connectivity index (χ4n) is 1.95. The van der Waals surface area contributed by atoms with Crippen LogP contribution >= 0.6 is 0 Å². The summed E-state index contributed by atoms with van der Waals surface area (Å²) in [5, 5.41) is 3.86.